The van der Waals surface area contributed by atoms with Gasteiger partial charge in [-0.1, -0.05) is 17.7 Å². The molecule has 23 heavy (non-hydrogen) atoms. The van der Waals surface area contributed by atoms with Gasteiger partial charge in [-0.15, -0.1) is 0 Å². The van der Waals surface area contributed by atoms with E-state index in [0.717, 1.165) is 18.5 Å². The van der Waals surface area contributed by atoms with Gasteiger partial charge in [-0.25, -0.2) is 4.39 Å². The summed E-state index contributed by atoms with van der Waals surface area (Å²) in [7, 11) is 0. The van der Waals surface area contributed by atoms with E-state index in [1.165, 1.54) is 29.7 Å². The number of hydrogen-bond donors (Lipinski definition) is 2. The predicted octanol–water partition coefficient (Wildman–Crippen LogP) is 4.41. The Morgan fingerprint density at radius 2 is 1.96 bits per heavy atom. The van der Waals surface area contributed by atoms with Crippen LogP contribution in [0.2, 0.25) is 5.02 Å². The van der Waals surface area contributed by atoms with Gasteiger partial charge in [0, 0.05) is 10.7 Å². The standard InChI is InChI=1S/C18H18ClFN2O/c1-11(18(23)22-17-8-6-14(19)10-16(17)20)21-15-7-5-12-3-2-4-13(12)9-15/h5-11,21H,2-4H2,1H3,(H,22,23)/t11-/m0/s1. The zero-order valence-electron chi connectivity index (χ0n) is 12.8. The maximum absolute atomic E-state index is 13.7. The molecule has 0 fully saturated rings. The fraction of sp³-hybridized carbons (Fsp3) is 0.278. The zero-order chi connectivity index (χ0) is 16.4. The molecule has 0 bridgehead atoms. The molecule has 2 aromatic rings. The van der Waals surface area contributed by atoms with E-state index < -0.39 is 11.9 Å². The van der Waals surface area contributed by atoms with Crippen LogP contribution in [0.25, 0.3) is 0 Å². The summed E-state index contributed by atoms with van der Waals surface area (Å²) in [6.07, 6.45) is 3.40. The van der Waals surface area contributed by atoms with Crippen LogP contribution in [0.3, 0.4) is 0 Å². The van der Waals surface area contributed by atoms with Crippen LogP contribution in [0.4, 0.5) is 15.8 Å². The average Bonchev–Trinajstić information content (AvgIpc) is 2.97. The van der Waals surface area contributed by atoms with Crippen LogP contribution in [-0.4, -0.2) is 11.9 Å². The van der Waals surface area contributed by atoms with Crippen LogP contribution in [0, 0.1) is 5.82 Å². The van der Waals surface area contributed by atoms with E-state index >= 15 is 0 Å². The zero-order valence-corrected chi connectivity index (χ0v) is 13.6. The molecule has 5 heteroatoms. The number of carbonyl (C=O) groups is 1. The van der Waals surface area contributed by atoms with Gasteiger partial charge in [0.15, 0.2) is 0 Å². The average molecular weight is 333 g/mol. The number of hydrogen-bond acceptors (Lipinski definition) is 2. The molecule has 2 aromatic carbocycles. The van der Waals surface area contributed by atoms with Crippen LogP contribution >= 0.6 is 11.6 Å². The second kappa shape index (κ2) is 6.59. The summed E-state index contributed by atoms with van der Waals surface area (Å²) in [4.78, 5) is 12.2. The Kier molecular flexibility index (Phi) is 4.53. The van der Waals surface area contributed by atoms with Crippen molar-refractivity contribution in [2.45, 2.75) is 32.2 Å². The second-order valence-corrected chi connectivity index (χ2v) is 6.25. The number of anilines is 2. The molecular formula is C18H18ClFN2O. The number of amides is 1. The number of carbonyl (C=O) groups excluding carboxylic acids is 1. The second-order valence-electron chi connectivity index (χ2n) is 5.82. The van der Waals surface area contributed by atoms with Crippen molar-refractivity contribution in [1.82, 2.24) is 0 Å². The van der Waals surface area contributed by atoms with Gasteiger partial charge in [-0.2, -0.15) is 0 Å². The Morgan fingerprint density at radius 1 is 1.17 bits per heavy atom. The first-order chi connectivity index (χ1) is 11.0. The Balaban J connectivity index is 1.65. The largest absolute Gasteiger partial charge is 0.374 e. The summed E-state index contributed by atoms with van der Waals surface area (Å²) in [6, 6.07) is 9.87. The molecule has 0 radical (unpaired) electrons. The molecule has 3 nitrogen and oxygen atoms in total. The molecule has 0 aromatic heterocycles. The van der Waals surface area contributed by atoms with Crippen molar-refractivity contribution in [3.8, 4) is 0 Å². The lowest BCUT2D eigenvalue weighted by molar-refractivity contribution is -0.116. The monoisotopic (exact) mass is 332 g/mol. The first kappa shape index (κ1) is 15.8. The Labute approximate surface area is 139 Å². The number of rotatable bonds is 4. The summed E-state index contributed by atoms with van der Waals surface area (Å²) in [6.45, 7) is 1.75. The number of aryl methyl sites for hydroxylation is 2. The van der Waals surface area contributed by atoms with Gasteiger partial charge >= 0.3 is 0 Å². The van der Waals surface area contributed by atoms with Crippen LogP contribution in [0.1, 0.15) is 24.5 Å². The topological polar surface area (TPSA) is 41.1 Å². The Hall–Kier alpha value is -2.07. The predicted molar refractivity (Wildman–Crippen MR) is 91.6 cm³/mol. The van der Waals surface area contributed by atoms with E-state index in [4.69, 9.17) is 11.6 Å². The van der Waals surface area contributed by atoms with Crippen molar-refractivity contribution >= 4 is 28.9 Å². The molecule has 0 heterocycles. The highest BCUT2D eigenvalue weighted by molar-refractivity contribution is 6.30. The van der Waals surface area contributed by atoms with Gasteiger partial charge in [-0.3, -0.25) is 4.79 Å². The maximum Gasteiger partial charge on any atom is 0.246 e. The van der Waals surface area contributed by atoms with Gasteiger partial charge in [-0.05, 0) is 67.6 Å². The van der Waals surface area contributed by atoms with Crippen LogP contribution in [0.5, 0.6) is 0 Å². The minimum Gasteiger partial charge on any atom is -0.374 e. The highest BCUT2D eigenvalue weighted by atomic mass is 35.5. The van der Waals surface area contributed by atoms with Crippen molar-refractivity contribution in [3.05, 3.63) is 58.4 Å². The van der Waals surface area contributed by atoms with Crippen molar-refractivity contribution in [3.63, 3.8) is 0 Å². The molecule has 0 saturated carbocycles. The summed E-state index contributed by atoms with van der Waals surface area (Å²) >= 11 is 5.70. The van der Waals surface area contributed by atoms with E-state index in [1.54, 1.807) is 13.0 Å². The number of benzene rings is 2. The molecule has 1 amide bonds. The van der Waals surface area contributed by atoms with Crippen LogP contribution in [-0.2, 0) is 17.6 Å². The first-order valence-electron chi connectivity index (χ1n) is 7.67. The van der Waals surface area contributed by atoms with Gasteiger partial charge in [0.2, 0.25) is 5.91 Å². The van der Waals surface area contributed by atoms with E-state index in [0.29, 0.717) is 5.02 Å². The minimum absolute atomic E-state index is 0.127. The smallest absolute Gasteiger partial charge is 0.246 e. The van der Waals surface area contributed by atoms with Gasteiger partial charge < -0.3 is 10.6 Å². The molecule has 0 spiro atoms. The quantitative estimate of drug-likeness (QED) is 0.871. The molecule has 2 N–H and O–H groups in total. The lowest BCUT2D eigenvalue weighted by Crippen LogP contribution is -2.32. The van der Waals surface area contributed by atoms with Crippen molar-refractivity contribution in [2.24, 2.45) is 0 Å². The lowest BCUT2D eigenvalue weighted by Gasteiger charge is -2.16. The fourth-order valence-electron chi connectivity index (χ4n) is 2.81. The van der Waals surface area contributed by atoms with Gasteiger partial charge in [0.25, 0.3) is 0 Å². The van der Waals surface area contributed by atoms with Gasteiger partial charge in [0.05, 0.1) is 5.69 Å². The highest BCUT2D eigenvalue weighted by Crippen LogP contribution is 2.25. The Morgan fingerprint density at radius 3 is 2.74 bits per heavy atom. The molecule has 0 aliphatic heterocycles. The van der Waals surface area contributed by atoms with Crippen molar-refractivity contribution in [1.29, 1.82) is 0 Å². The molecule has 0 saturated heterocycles. The van der Waals surface area contributed by atoms with Crippen molar-refractivity contribution in [2.75, 3.05) is 10.6 Å². The van der Waals surface area contributed by atoms with E-state index in [-0.39, 0.29) is 11.6 Å². The molecule has 120 valence electrons. The third kappa shape index (κ3) is 3.64. The van der Waals surface area contributed by atoms with E-state index in [2.05, 4.69) is 22.8 Å². The summed E-state index contributed by atoms with van der Waals surface area (Å²) in [5, 5.41) is 6.03. The number of fused-ring (bicyclic) bond motifs is 1. The minimum atomic E-state index is -0.546. The maximum atomic E-state index is 13.7. The highest BCUT2D eigenvalue weighted by Gasteiger charge is 2.16. The summed E-state index contributed by atoms with van der Waals surface area (Å²) in [5.74, 6) is -0.845. The number of halogens is 2. The molecule has 3 rings (SSSR count). The molecule has 1 aliphatic carbocycles. The molecule has 1 aliphatic rings. The first-order valence-corrected chi connectivity index (χ1v) is 8.05. The third-order valence-corrected chi connectivity index (χ3v) is 4.30. The van der Waals surface area contributed by atoms with E-state index in [1.807, 2.05) is 6.07 Å². The van der Waals surface area contributed by atoms with Gasteiger partial charge in [0.1, 0.15) is 11.9 Å². The SMILES string of the molecule is C[C@H](Nc1ccc2c(c1)CCC2)C(=O)Nc1ccc(Cl)cc1F. The summed E-state index contributed by atoms with van der Waals surface area (Å²) in [5.41, 5.74) is 3.76. The Bertz CT molecular complexity index is 748. The normalized spacial score (nSPS) is 14.2. The molecular weight excluding hydrogens is 315 g/mol. The third-order valence-electron chi connectivity index (χ3n) is 4.06. The lowest BCUT2D eigenvalue weighted by atomic mass is 10.1. The van der Waals surface area contributed by atoms with Crippen LogP contribution < -0.4 is 10.6 Å². The fourth-order valence-corrected chi connectivity index (χ4v) is 2.97. The molecule has 0 unspecified atom stereocenters. The summed E-state index contributed by atoms with van der Waals surface area (Å²) < 4.78 is 13.7. The number of nitrogens with one attached hydrogen (secondary N) is 2. The van der Waals surface area contributed by atoms with E-state index in [9.17, 15) is 9.18 Å². The van der Waals surface area contributed by atoms with Crippen LogP contribution in [0.15, 0.2) is 36.4 Å². The molecule has 1 atom stereocenters. The van der Waals surface area contributed by atoms with Crippen molar-refractivity contribution < 1.29 is 9.18 Å².